The summed E-state index contributed by atoms with van der Waals surface area (Å²) in [7, 11) is 1.91. The van der Waals surface area contributed by atoms with Gasteiger partial charge in [-0.25, -0.2) is 0 Å². The fraction of sp³-hybridized carbons (Fsp3) is 0.714. The van der Waals surface area contributed by atoms with Crippen LogP contribution in [0.25, 0.3) is 0 Å². The molecule has 0 radical (unpaired) electrons. The van der Waals surface area contributed by atoms with Crippen molar-refractivity contribution in [1.29, 1.82) is 0 Å². The maximum Gasteiger partial charge on any atom is 0.247 e. The Morgan fingerprint density at radius 1 is 1.21 bits per heavy atom. The van der Waals surface area contributed by atoms with Crippen molar-refractivity contribution >= 4 is 17.7 Å². The summed E-state index contributed by atoms with van der Waals surface area (Å²) < 4.78 is 1.84. The highest BCUT2D eigenvalue weighted by Gasteiger charge is 2.42. The summed E-state index contributed by atoms with van der Waals surface area (Å²) in [6, 6.07) is -0.552. The van der Waals surface area contributed by atoms with Gasteiger partial charge in [0.2, 0.25) is 17.7 Å². The molecule has 0 spiro atoms. The number of fused-ring (bicyclic) bond motifs is 1. The number of piperazine rings is 1. The van der Waals surface area contributed by atoms with Crippen LogP contribution in [0.3, 0.4) is 0 Å². The zero-order valence-electron chi connectivity index (χ0n) is 18.3. The maximum atomic E-state index is 13.0. The second-order valence-corrected chi connectivity index (χ2v) is 8.68. The van der Waals surface area contributed by atoms with E-state index in [4.69, 9.17) is 0 Å². The molecule has 1 aromatic heterocycles. The van der Waals surface area contributed by atoms with Crippen molar-refractivity contribution in [2.45, 2.75) is 53.0 Å². The van der Waals surface area contributed by atoms with Gasteiger partial charge in [0, 0.05) is 38.8 Å². The van der Waals surface area contributed by atoms with E-state index in [0.717, 1.165) is 17.0 Å². The highest BCUT2D eigenvalue weighted by Crippen LogP contribution is 2.21. The van der Waals surface area contributed by atoms with Crippen LogP contribution in [-0.4, -0.2) is 81.0 Å². The monoisotopic (exact) mass is 403 g/mol. The Hall–Kier alpha value is -2.38. The van der Waals surface area contributed by atoms with E-state index < -0.39 is 6.04 Å². The minimum absolute atomic E-state index is 0.00819. The molecular formula is C21H33N5O3. The summed E-state index contributed by atoms with van der Waals surface area (Å²) in [6.45, 7) is 10.2. The molecule has 3 rings (SSSR count). The molecule has 0 N–H and O–H groups in total. The second-order valence-electron chi connectivity index (χ2n) is 8.68. The van der Waals surface area contributed by atoms with Gasteiger partial charge in [-0.15, -0.1) is 0 Å². The minimum Gasteiger partial charge on any atom is -0.340 e. The van der Waals surface area contributed by atoms with Gasteiger partial charge in [0.25, 0.3) is 0 Å². The predicted octanol–water partition coefficient (Wildman–Crippen LogP) is 0.897. The normalized spacial score (nSPS) is 20.3. The Balaban J connectivity index is 1.68. The Kier molecular flexibility index (Phi) is 6.29. The molecule has 1 unspecified atom stereocenters. The van der Waals surface area contributed by atoms with Gasteiger partial charge >= 0.3 is 0 Å². The highest BCUT2D eigenvalue weighted by atomic mass is 16.2. The molecule has 0 bridgehead atoms. The molecule has 0 saturated carbocycles. The zero-order valence-corrected chi connectivity index (χ0v) is 18.3. The third-order valence-electron chi connectivity index (χ3n) is 6.03. The molecule has 160 valence electrons. The van der Waals surface area contributed by atoms with Crippen LogP contribution in [0.5, 0.6) is 0 Å². The van der Waals surface area contributed by atoms with Gasteiger partial charge in [-0.1, -0.05) is 13.8 Å². The van der Waals surface area contributed by atoms with Crippen LogP contribution in [0.1, 0.15) is 43.6 Å². The lowest BCUT2D eigenvalue weighted by Crippen LogP contribution is -2.62. The molecule has 8 heteroatoms. The molecule has 2 fully saturated rings. The zero-order chi connectivity index (χ0) is 21.3. The minimum atomic E-state index is -0.552. The molecule has 29 heavy (non-hydrogen) atoms. The number of hydrogen-bond donors (Lipinski definition) is 0. The van der Waals surface area contributed by atoms with Crippen LogP contribution in [0.15, 0.2) is 0 Å². The Morgan fingerprint density at radius 2 is 1.93 bits per heavy atom. The summed E-state index contributed by atoms with van der Waals surface area (Å²) in [5.41, 5.74) is 3.15. The molecule has 3 amide bonds. The topological polar surface area (TPSA) is 78.8 Å². The third kappa shape index (κ3) is 4.46. The van der Waals surface area contributed by atoms with Crippen molar-refractivity contribution in [3.63, 3.8) is 0 Å². The lowest BCUT2D eigenvalue weighted by atomic mass is 10.1. The number of carbonyl (C=O) groups is 3. The molecule has 8 nitrogen and oxygen atoms in total. The van der Waals surface area contributed by atoms with Crippen molar-refractivity contribution in [1.82, 2.24) is 24.5 Å². The van der Waals surface area contributed by atoms with Gasteiger partial charge < -0.3 is 14.7 Å². The van der Waals surface area contributed by atoms with E-state index in [2.05, 4.69) is 5.10 Å². The number of aryl methyl sites for hydroxylation is 2. The molecule has 1 atom stereocenters. The van der Waals surface area contributed by atoms with Crippen LogP contribution in [0.2, 0.25) is 0 Å². The van der Waals surface area contributed by atoms with Crippen LogP contribution in [0.4, 0.5) is 0 Å². The first kappa shape index (κ1) is 21.3. The summed E-state index contributed by atoms with van der Waals surface area (Å²) in [5.74, 6) is 0.298. The smallest absolute Gasteiger partial charge is 0.247 e. The number of nitrogens with zero attached hydrogens (tertiary/aromatic N) is 5. The predicted molar refractivity (Wildman–Crippen MR) is 109 cm³/mol. The van der Waals surface area contributed by atoms with Gasteiger partial charge in [-0.3, -0.25) is 19.1 Å². The molecule has 2 aliphatic heterocycles. The van der Waals surface area contributed by atoms with E-state index in [1.165, 1.54) is 0 Å². The van der Waals surface area contributed by atoms with Crippen LogP contribution in [-0.2, 0) is 27.9 Å². The van der Waals surface area contributed by atoms with Crippen molar-refractivity contribution in [3.8, 4) is 0 Å². The van der Waals surface area contributed by atoms with Gasteiger partial charge in [-0.2, -0.15) is 5.10 Å². The van der Waals surface area contributed by atoms with E-state index in [9.17, 15) is 14.4 Å². The Morgan fingerprint density at radius 3 is 2.55 bits per heavy atom. The van der Waals surface area contributed by atoms with Crippen molar-refractivity contribution in [2.24, 2.45) is 13.0 Å². The average molecular weight is 404 g/mol. The quantitative estimate of drug-likeness (QED) is 0.732. The van der Waals surface area contributed by atoms with Crippen LogP contribution >= 0.6 is 0 Å². The molecule has 0 aliphatic carbocycles. The van der Waals surface area contributed by atoms with Crippen molar-refractivity contribution in [3.05, 3.63) is 17.0 Å². The summed E-state index contributed by atoms with van der Waals surface area (Å²) in [4.78, 5) is 43.7. The molecule has 3 heterocycles. The standard InChI is InChI=1S/C21H33N5O3/c1-14(2)11-25-13-20(28)26-10-6-9-24(12-18(26)21(25)29)19(27)8-7-17-15(3)22-23(5)16(17)4/h14,18H,6-13H2,1-5H3. The Labute approximate surface area is 172 Å². The number of amides is 3. The molecule has 2 saturated heterocycles. The number of hydrogen-bond acceptors (Lipinski definition) is 4. The third-order valence-corrected chi connectivity index (χ3v) is 6.03. The van der Waals surface area contributed by atoms with E-state index in [-0.39, 0.29) is 24.3 Å². The first-order valence-corrected chi connectivity index (χ1v) is 10.5. The van der Waals surface area contributed by atoms with Crippen LogP contribution in [0, 0.1) is 19.8 Å². The molecule has 2 aliphatic rings. The number of aromatic nitrogens is 2. The Bertz CT molecular complexity index is 800. The lowest BCUT2D eigenvalue weighted by Gasteiger charge is -2.40. The largest absolute Gasteiger partial charge is 0.340 e. The fourth-order valence-corrected chi connectivity index (χ4v) is 4.43. The van der Waals surface area contributed by atoms with E-state index in [1.54, 1.807) is 14.7 Å². The first-order valence-electron chi connectivity index (χ1n) is 10.5. The summed E-state index contributed by atoms with van der Waals surface area (Å²) in [6.07, 6.45) is 1.73. The van der Waals surface area contributed by atoms with Gasteiger partial charge in [0.1, 0.15) is 6.04 Å². The highest BCUT2D eigenvalue weighted by molar-refractivity contribution is 5.95. The summed E-state index contributed by atoms with van der Waals surface area (Å²) >= 11 is 0. The fourth-order valence-electron chi connectivity index (χ4n) is 4.43. The number of rotatable bonds is 5. The first-order chi connectivity index (χ1) is 13.7. The average Bonchev–Trinajstić information content (AvgIpc) is 2.82. The molecule has 1 aromatic rings. The van der Waals surface area contributed by atoms with Crippen molar-refractivity contribution < 1.29 is 14.4 Å². The SMILES string of the molecule is Cc1nn(C)c(C)c1CCC(=O)N1CCCN2C(=O)CN(CC(C)C)C(=O)C2C1. The van der Waals surface area contributed by atoms with Gasteiger partial charge in [-0.05, 0) is 38.2 Å². The van der Waals surface area contributed by atoms with Gasteiger partial charge in [0.05, 0.1) is 18.8 Å². The van der Waals surface area contributed by atoms with Crippen molar-refractivity contribution in [2.75, 3.05) is 32.7 Å². The lowest BCUT2D eigenvalue weighted by molar-refractivity contribution is -0.156. The van der Waals surface area contributed by atoms with E-state index in [0.29, 0.717) is 51.4 Å². The second kappa shape index (κ2) is 8.55. The number of carbonyl (C=O) groups excluding carboxylic acids is 3. The maximum absolute atomic E-state index is 13.0. The van der Waals surface area contributed by atoms with E-state index in [1.807, 2.05) is 39.4 Å². The van der Waals surface area contributed by atoms with Gasteiger partial charge in [0.15, 0.2) is 0 Å². The molecule has 0 aromatic carbocycles. The molecular weight excluding hydrogens is 370 g/mol. The van der Waals surface area contributed by atoms with Crippen LogP contribution < -0.4 is 0 Å². The summed E-state index contributed by atoms with van der Waals surface area (Å²) in [5, 5.41) is 4.42. The van der Waals surface area contributed by atoms with E-state index >= 15 is 0 Å².